The van der Waals surface area contributed by atoms with E-state index in [9.17, 15) is 18.4 Å². The second-order valence-electron chi connectivity index (χ2n) is 4.96. The SMILES string of the molecule is CC(=O)OCC1(COc2ccc(F)c(F)c2C=O)CC1. The number of rotatable bonds is 6. The third-order valence-electron chi connectivity index (χ3n) is 3.28. The molecule has 0 N–H and O–H groups in total. The number of benzene rings is 1. The Bertz CT molecular complexity index is 538. The van der Waals surface area contributed by atoms with Gasteiger partial charge in [0.05, 0.1) is 12.2 Å². The third kappa shape index (κ3) is 3.12. The molecule has 0 spiro atoms. The maximum atomic E-state index is 13.4. The topological polar surface area (TPSA) is 52.6 Å². The number of hydrogen-bond donors (Lipinski definition) is 0. The molecule has 4 nitrogen and oxygen atoms in total. The molecule has 1 aromatic carbocycles. The van der Waals surface area contributed by atoms with E-state index < -0.39 is 17.2 Å². The predicted molar refractivity (Wildman–Crippen MR) is 65.5 cm³/mol. The van der Waals surface area contributed by atoms with E-state index in [1.807, 2.05) is 0 Å². The highest BCUT2D eigenvalue weighted by atomic mass is 19.2. The lowest BCUT2D eigenvalue weighted by Gasteiger charge is -2.17. The van der Waals surface area contributed by atoms with E-state index in [0.29, 0.717) is 0 Å². The van der Waals surface area contributed by atoms with Gasteiger partial charge in [0.15, 0.2) is 17.9 Å². The number of carbonyl (C=O) groups is 2. The Hall–Kier alpha value is -1.98. The first kappa shape index (κ1) is 14.4. The van der Waals surface area contributed by atoms with Crippen LogP contribution >= 0.6 is 0 Å². The van der Waals surface area contributed by atoms with Gasteiger partial charge in [-0.25, -0.2) is 8.78 Å². The molecule has 0 unspecified atom stereocenters. The molecule has 20 heavy (non-hydrogen) atoms. The lowest BCUT2D eigenvalue weighted by atomic mass is 10.1. The minimum absolute atomic E-state index is 0.00648. The molecule has 108 valence electrons. The molecule has 6 heteroatoms. The number of aldehydes is 1. The molecule has 0 bridgehead atoms. The summed E-state index contributed by atoms with van der Waals surface area (Å²) >= 11 is 0. The molecule has 1 aliphatic carbocycles. The smallest absolute Gasteiger partial charge is 0.302 e. The minimum atomic E-state index is -1.22. The van der Waals surface area contributed by atoms with Gasteiger partial charge >= 0.3 is 5.97 Å². The molecule has 0 atom stereocenters. The maximum Gasteiger partial charge on any atom is 0.302 e. The van der Waals surface area contributed by atoms with Crippen molar-refractivity contribution in [1.82, 2.24) is 0 Å². The first-order valence-corrected chi connectivity index (χ1v) is 6.17. The fraction of sp³-hybridized carbons (Fsp3) is 0.429. The Morgan fingerprint density at radius 1 is 1.35 bits per heavy atom. The number of halogens is 2. The van der Waals surface area contributed by atoms with Gasteiger partial charge in [0, 0.05) is 12.3 Å². The first-order chi connectivity index (χ1) is 9.47. The van der Waals surface area contributed by atoms with Crippen molar-refractivity contribution in [3.63, 3.8) is 0 Å². The highest BCUT2D eigenvalue weighted by molar-refractivity contribution is 5.79. The highest BCUT2D eigenvalue weighted by Gasteiger charge is 2.45. The summed E-state index contributed by atoms with van der Waals surface area (Å²) in [6.07, 6.45) is 1.86. The summed E-state index contributed by atoms with van der Waals surface area (Å²) in [4.78, 5) is 21.6. The largest absolute Gasteiger partial charge is 0.492 e. The van der Waals surface area contributed by atoms with Crippen molar-refractivity contribution in [2.24, 2.45) is 5.41 Å². The molecule has 1 fully saturated rings. The summed E-state index contributed by atoms with van der Waals surface area (Å²) < 4.78 is 36.7. The Morgan fingerprint density at radius 3 is 2.60 bits per heavy atom. The Morgan fingerprint density at radius 2 is 2.05 bits per heavy atom. The van der Waals surface area contributed by atoms with Crippen molar-refractivity contribution in [2.75, 3.05) is 13.2 Å². The van der Waals surface area contributed by atoms with Gasteiger partial charge in [-0.3, -0.25) is 9.59 Å². The number of ether oxygens (including phenoxy) is 2. The van der Waals surface area contributed by atoms with Crippen molar-refractivity contribution < 1.29 is 27.8 Å². The van der Waals surface area contributed by atoms with Gasteiger partial charge in [0.25, 0.3) is 0 Å². The van der Waals surface area contributed by atoms with Crippen LogP contribution in [0.5, 0.6) is 5.75 Å². The Kier molecular flexibility index (Phi) is 4.01. The van der Waals surface area contributed by atoms with Crippen LogP contribution in [0, 0.1) is 17.0 Å². The zero-order chi connectivity index (χ0) is 14.8. The fourth-order valence-corrected chi connectivity index (χ4v) is 1.78. The van der Waals surface area contributed by atoms with E-state index in [1.54, 1.807) is 0 Å². The monoisotopic (exact) mass is 284 g/mol. The quantitative estimate of drug-likeness (QED) is 0.595. The zero-order valence-electron chi connectivity index (χ0n) is 10.9. The van der Waals surface area contributed by atoms with E-state index in [-0.39, 0.29) is 36.6 Å². The van der Waals surface area contributed by atoms with Gasteiger partial charge in [-0.15, -0.1) is 0 Å². The van der Waals surface area contributed by atoms with Crippen LogP contribution in [0.25, 0.3) is 0 Å². The number of hydrogen-bond acceptors (Lipinski definition) is 4. The van der Waals surface area contributed by atoms with Crippen LogP contribution in [-0.2, 0) is 9.53 Å². The van der Waals surface area contributed by atoms with E-state index in [0.717, 1.165) is 18.9 Å². The summed E-state index contributed by atoms with van der Waals surface area (Å²) in [5.41, 5.74) is -0.718. The van der Waals surface area contributed by atoms with Crippen LogP contribution in [-0.4, -0.2) is 25.5 Å². The van der Waals surface area contributed by atoms with Crippen LogP contribution in [0.1, 0.15) is 30.1 Å². The molecular weight excluding hydrogens is 270 g/mol. The molecule has 0 aromatic heterocycles. The first-order valence-electron chi connectivity index (χ1n) is 6.17. The van der Waals surface area contributed by atoms with Crippen LogP contribution in [0.2, 0.25) is 0 Å². The molecule has 0 amide bonds. The summed E-state index contributed by atoms with van der Waals surface area (Å²) in [5.74, 6) is -2.70. The van der Waals surface area contributed by atoms with Gasteiger partial charge in [-0.05, 0) is 25.0 Å². The van der Waals surface area contributed by atoms with Gasteiger partial charge in [0.1, 0.15) is 12.4 Å². The third-order valence-corrected chi connectivity index (χ3v) is 3.28. The normalized spacial score (nSPS) is 15.6. The molecule has 1 aliphatic rings. The number of carbonyl (C=O) groups excluding carboxylic acids is 2. The Labute approximate surface area is 114 Å². The van der Waals surface area contributed by atoms with Gasteiger partial charge in [-0.1, -0.05) is 0 Å². The van der Waals surface area contributed by atoms with Crippen molar-refractivity contribution >= 4 is 12.3 Å². The van der Waals surface area contributed by atoms with Crippen molar-refractivity contribution in [3.05, 3.63) is 29.3 Å². The maximum absolute atomic E-state index is 13.4. The summed E-state index contributed by atoms with van der Waals surface area (Å²) in [6.45, 7) is 1.73. The number of esters is 1. The molecule has 1 aromatic rings. The van der Waals surface area contributed by atoms with Gasteiger partial charge in [0.2, 0.25) is 0 Å². The molecule has 0 aliphatic heterocycles. The van der Waals surface area contributed by atoms with Crippen LogP contribution in [0.3, 0.4) is 0 Å². The molecule has 0 heterocycles. The van der Waals surface area contributed by atoms with E-state index in [2.05, 4.69) is 0 Å². The van der Waals surface area contributed by atoms with E-state index in [4.69, 9.17) is 9.47 Å². The highest BCUT2D eigenvalue weighted by Crippen LogP contribution is 2.46. The van der Waals surface area contributed by atoms with E-state index in [1.165, 1.54) is 13.0 Å². The van der Waals surface area contributed by atoms with Gasteiger partial charge < -0.3 is 9.47 Å². The fourth-order valence-electron chi connectivity index (χ4n) is 1.78. The van der Waals surface area contributed by atoms with Gasteiger partial charge in [-0.2, -0.15) is 0 Å². The zero-order valence-corrected chi connectivity index (χ0v) is 10.9. The Balaban J connectivity index is 2.03. The standard InChI is InChI=1S/C14H14F2O4/c1-9(18)19-7-14(4-5-14)8-20-12-3-2-11(15)13(16)10(12)6-17/h2-3,6H,4-5,7-8H2,1H3. The minimum Gasteiger partial charge on any atom is -0.492 e. The molecule has 2 rings (SSSR count). The summed E-state index contributed by atoms with van der Waals surface area (Å²) in [5, 5.41) is 0. The average Bonchev–Trinajstić information content (AvgIpc) is 3.18. The van der Waals surface area contributed by atoms with E-state index >= 15 is 0 Å². The summed E-state index contributed by atoms with van der Waals surface area (Å²) in [7, 11) is 0. The average molecular weight is 284 g/mol. The van der Waals surface area contributed by atoms with Crippen LogP contribution < -0.4 is 4.74 Å². The second kappa shape index (κ2) is 5.56. The molecule has 0 radical (unpaired) electrons. The molecule has 1 saturated carbocycles. The van der Waals surface area contributed by atoms with Crippen molar-refractivity contribution in [2.45, 2.75) is 19.8 Å². The van der Waals surface area contributed by atoms with Crippen molar-refractivity contribution in [1.29, 1.82) is 0 Å². The second-order valence-corrected chi connectivity index (χ2v) is 4.96. The van der Waals surface area contributed by atoms with Crippen LogP contribution in [0.4, 0.5) is 8.78 Å². The van der Waals surface area contributed by atoms with Crippen LogP contribution in [0.15, 0.2) is 12.1 Å². The molecule has 0 saturated heterocycles. The summed E-state index contributed by atoms with van der Waals surface area (Å²) in [6, 6.07) is 2.12. The van der Waals surface area contributed by atoms with Crippen molar-refractivity contribution in [3.8, 4) is 5.75 Å². The predicted octanol–water partition coefficient (Wildman–Crippen LogP) is 2.50. The molecular formula is C14H14F2O4. The lowest BCUT2D eigenvalue weighted by Crippen LogP contribution is -2.21. The lowest BCUT2D eigenvalue weighted by molar-refractivity contribution is -0.143.